The molecule has 0 saturated carbocycles. The first kappa shape index (κ1) is 15.2. The molecule has 23 heavy (non-hydrogen) atoms. The van der Waals surface area contributed by atoms with Gasteiger partial charge in [0.05, 0.1) is 5.92 Å². The van der Waals surface area contributed by atoms with Gasteiger partial charge in [0.2, 0.25) is 5.91 Å². The minimum atomic E-state index is -0.370. The van der Waals surface area contributed by atoms with Gasteiger partial charge >= 0.3 is 0 Å². The Labute approximate surface area is 133 Å². The number of primary amides is 1. The second-order valence-corrected chi connectivity index (χ2v) is 5.80. The van der Waals surface area contributed by atoms with Crippen molar-refractivity contribution >= 4 is 11.8 Å². The molecule has 2 amide bonds. The molecule has 0 aliphatic carbocycles. The third-order valence-electron chi connectivity index (χ3n) is 4.22. The third-order valence-corrected chi connectivity index (χ3v) is 4.22. The summed E-state index contributed by atoms with van der Waals surface area (Å²) in [4.78, 5) is 29.7. The standard InChI is InChI=1S/C16H18N4O3/c1-10-4-5-12(15(17)21)9-20(10)16(22)13-7-14(23-19-13)11-3-2-6-18-8-11/h2-3,6-8,10,12H,4-5,9H2,1H3,(H2,17,21). The van der Waals surface area contributed by atoms with Gasteiger partial charge in [0.25, 0.3) is 5.91 Å². The van der Waals surface area contributed by atoms with E-state index in [0.717, 1.165) is 12.0 Å². The van der Waals surface area contributed by atoms with Crippen LogP contribution in [0.15, 0.2) is 35.1 Å². The summed E-state index contributed by atoms with van der Waals surface area (Å²) in [5, 5.41) is 3.86. The predicted octanol–water partition coefficient (Wildman–Crippen LogP) is 1.46. The number of piperidine rings is 1. The van der Waals surface area contributed by atoms with Crippen LogP contribution >= 0.6 is 0 Å². The normalized spacial score (nSPS) is 21.2. The van der Waals surface area contributed by atoms with E-state index in [1.807, 2.05) is 13.0 Å². The van der Waals surface area contributed by atoms with Gasteiger partial charge in [0, 0.05) is 36.6 Å². The summed E-state index contributed by atoms with van der Waals surface area (Å²) in [5.74, 6) is -0.439. The number of rotatable bonds is 3. The zero-order chi connectivity index (χ0) is 16.4. The summed E-state index contributed by atoms with van der Waals surface area (Å²) < 4.78 is 5.24. The Balaban J connectivity index is 1.80. The molecule has 1 fully saturated rings. The fraction of sp³-hybridized carbons (Fsp3) is 0.375. The lowest BCUT2D eigenvalue weighted by Gasteiger charge is -2.36. The van der Waals surface area contributed by atoms with Gasteiger partial charge < -0.3 is 15.2 Å². The molecule has 7 nitrogen and oxygen atoms in total. The number of carbonyl (C=O) groups excluding carboxylic acids is 2. The number of likely N-dealkylation sites (tertiary alicyclic amines) is 1. The zero-order valence-electron chi connectivity index (χ0n) is 12.8. The van der Waals surface area contributed by atoms with Crippen LogP contribution in [0.2, 0.25) is 0 Å². The van der Waals surface area contributed by atoms with Crippen molar-refractivity contribution in [1.29, 1.82) is 0 Å². The lowest BCUT2D eigenvalue weighted by atomic mass is 9.92. The molecule has 0 radical (unpaired) electrons. The van der Waals surface area contributed by atoms with Crippen LogP contribution in [-0.2, 0) is 4.79 Å². The molecule has 1 aliphatic heterocycles. The van der Waals surface area contributed by atoms with Crippen molar-refractivity contribution in [1.82, 2.24) is 15.0 Å². The Morgan fingerprint density at radius 3 is 2.91 bits per heavy atom. The molecule has 3 heterocycles. The molecule has 3 rings (SSSR count). The van der Waals surface area contributed by atoms with Crippen LogP contribution in [0.5, 0.6) is 0 Å². The highest BCUT2D eigenvalue weighted by molar-refractivity contribution is 5.93. The van der Waals surface area contributed by atoms with Crippen LogP contribution in [0.4, 0.5) is 0 Å². The van der Waals surface area contributed by atoms with E-state index in [1.165, 1.54) is 0 Å². The number of nitrogens with two attached hydrogens (primary N) is 1. The largest absolute Gasteiger partial charge is 0.369 e. The van der Waals surface area contributed by atoms with Gasteiger partial charge in [0.15, 0.2) is 11.5 Å². The van der Waals surface area contributed by atoms with Gasteiger partial charge in [-0.3, -0.25) is 14.6 Å². The van der Waals surface area contributed by atoms with Crippen LogP contribution in [0.3, 0.4) is 0 Å². The Hall–Kier alpha value is -2.70. The summed E-state index contributed by atoms with van der Waals surface area (Å²) >= 11 is 0. The smallest absolute Gasteiger partial charge is 0.276 e. The Kier molecular flexibility index (Phi) is 4.10. The summed E-state index contributed by atoms with van der Waals surface area (Å²) in [5.41, 5.74) is 6.35. The second-order valence-electron chi connectivity index (χ2n) is 5.80. The van der Waals surface area contributed by atoms with E-state index in [0.29, 0.717) is 18.7 Å². The van der Waals surface area contributed by atoms with Crippen molar-refractivity contribution in [3.63, 3.8) is 0 Å². The monoisotopic (exact) mass is 314 g/mol. The van der Waals surface area contributed by atoms with Crippen molar-refractivity contribution in [3.8, 4) is 11.3 Å². The van der Waals surface area contributed by atoms with Gasteiger partial charge in [-0.05, 0) is 31.9 Å². The number of nitrogens with zero attached hydrogens (tertiary/aromatic N) is 3. The minimum absolute atomic E-state index is 0.0386. The number of carbonyl (C=O) groups is 2. The van der Waals surface area contributed by atoms with E-state index in [9.17, 15) is 9.59 Å². The summed E-state index contributed by atoms with van der Waals surface area (Å²) in [6, 6.07) is 5.24. The van der Waals surface area contributed by atoms with E-state index in [1.54, 1.807) is 29.4 Å². The fourth-order valence-corrected chi connectivity index (χ4v) is 2.79. The number of hydrogen-bond acceptors (Lipinski definition) is 5. The van der Waals surface area contributed by atoms with Crippen molar-refractivity contribution in [2.45, 2.75) is 25.8 Å². The van der Waals surface area contributed by atoms with Gasteiger partial charge in [-0.2, -0.15) is 0 Å². The predicted molar refractivity (Wildman–Crippen MR) is 82.2 cm³/mol. The molecular formula is C16H18N4O3. The Morgan fingerprint density at radius 2 is 2.22 bits per heavy atom. The molecule has 2 unspecified atom stereocenters. The average Bonchev–Trinajstić information content (AvgIpc) is 3.05. The van der Waals surface area contributed by atoms with Crippen molar-refractivity contribution in [2.75, 3.05) is 6.54 Å². The molecule has 2 aromatic rings. The maximum absolute atomic E-state index is 12.7. The van der Waals surface area contributed by atoms with Gasteiger partial charge in [-0.25, -0.2) is 0 Å². The van der Waals surface area contributed by atoms with E-state index in [-0.39, 0.29) is 29.5 Å². The summed E-state index contributed by atoms with van der Waals surface area (Å²) in [7, 11) is 0. The van der Waals surface area contributed by atoms with E-state index in [4.69, 9.17) is 10.3 Å². The number of hydrogen-bond donors (Lipinski definition) is 1. The second kappa shape index (κ2) is 6.20. The van der Waals surface area contributed by atoms with E-state index in [2.05, 4.69) is 10.1 Å². The van der Waals surface area contributed by atoms with Crippen LogP contribution < -0.4 is 5.73 Å². The highest BCUT2D eigenvalue weighted by Gasteiger charge is 2.33. The quantitative estimate of drug-likeness (QED) is 0.924. The van der Waals surface area contributed by atoms with Crippen molar-refractivity contribution in [3.05, 3.63) is 36.3 Å². The molecule has 0 bridgehead atoms. The molecule has 1 aliphatic rings. The Morgan fingerprint density at radius 1 is 1.39 bits per heavy atom. The molecule has 2 N–H and O–H groups in total. The van der Waals surface area contributed by atoms with E-state index < -0.39 is 0 Å². The van der Waals surface area contributed by atoms with Crippen molar-refractivity contribution in [2.24, 2.45) is 11.7 Å². The SMILES string of the molecule is CC1CCC(C(N)=O)CN1C(=O)c1cc(-c2cccnc2)on1. The lowest BCUT2D eigenvalue weighted by molar-refractivity contribution is -0.123. The minimum Gasteiger partial charge on any atom is -0.369 e. The topological polar surface area (TPSA) is 102 Å². The van der Waals surface area contributed by atoms with Gasteiger partial charge in [-0.15, -0.1) is 0 Å². The number of pyridine rings is 1. The molecule has 2 aromatic heterocycles. The number of amides is 2. The molecule has 0 aromatic carbocycles. The van der Waals surface area contributed by atoms with Crippen LogP contribution in [0, 0.1) is 5.92 Å². The molecule has 2 atom stereocenters. The maximum Gasteiger partial charge on any atom is 0.276 e. The number of aromatic nitrogens is 2. The first-order chi connectivity index (χ1) is 11.1. The van der Waals surface area contributed by atoms with Gasteiger partial charge in [0.1, 0.15) is 0 Å². The zero-order valence-corrected chi connectivity index (χ0v) is 12.8. The maximum atomic E-state index is 12.7. The highest BCUT2D eigenvalue weighted by atomic mass is 16.5. The lowest BCUT2D eigenvalue weighted by Crippen LogP contribution is -2.48. The first-order valence-electron chi connectivity index (χ1n) is 7.53. The van der Waals surface area contributed by atoms with Crippen LogP contribution in [0.1, 0.15) is 30.3 Å². The third kappa shape index (κ3) is 3.08. The summed E-state index contributed by atoms with van der Waals surface area (Å²) in [6.45, 7) is 2.28. The van der Waals surface area contributed by atoms with Gasteiger partial charge in [-0.1, -0.05) is 5.16 Å². The van der Waals surface area contributed by atoms with E-state index >= 15 is 0 Å². The molecule has 1 saturated heterocycles. The first-order valence-corrected chi connectivity index (χ1v) is 7.53. The fourth-order valence-electron chi connectivity index (χ4n) is 2.79. The average molecular weight is 314 g/mol. The van der Waals surface area contributed by atoms with Crippen molar-refractivity contribution < 1.29 is 14.1 Å². The highest BCUT2D eigenvalue weighted by Crippen LogP contribution is 2.25. The van der Waals surface area contributed by atoms with Crippen LogP contribution in [-0.4, -0.2) is 39.4 Å². The Bertz CT molecular complexity index is 713. The summed E-state index contributed by atoms with van der Waals surface area (Å²) in [6.07, 6.45) is 4.75. The molecule has 120 valence electrons. The molecule has 7 heteroatoms. The van der Waals surface area contributed by atoms with Crippen LogP contribution in [0.25, 0.3) is 11.3 Å². The molecular weight excluding hydrogens is 296 g/mol. The molecule has 0 spiro atoms.